The molecule has 15 heavy (non-hydrogen) atoms. The average molecular weight is 199 g/mol. The Balaban J connectivity index is 2.58. The lowest BCUT2D eigenvalue weighted by molar-refractivity contribution is 0.628. The van der Waals surface area contributed by atoms with Crippen molar-refractivity contribution < 1.29 is 0 Å². The molecule has 0 spiro atoms. The first-order valence-electron chi connectivity index (χ1n) is 5.39. The van der Waals surface area contributed by atoms with E-state index in [0.29, 0.717) is 0 Å². The molecule has 2 heteroatoms. The van der Waals surface area contributed by atoms with Crippen LogP contribution >= 0.6 is 0 Å². The van der Waals surface area contributed by atoms with Gasteiger partial charge in [0.05, 0.1) is 5.52 Å². The molecule has 0 unspecified atom stereocenters. The minimum absolute atomic E-state index is 0.185. The van der Waals surface area contributed by atoms with Crippen LogP contribution in [0.25, 0.3) is 10.9 Å². The lowest BCUT2D eigenvalue weighted by atomic mass is 10.0. The normalized spacial score (nSPS) is 14.5. The van der Waals surface area contributed by atoms with Crippen LogP contribution in [0.3, 0.4) is 0 Å². The van der Waals surface area contributed by atoms with Crippen LogP contribution in [0.1, 0.15) is 17.5 Å². The molecule has 0 bridgehead atoms. The second-order valence-electron chi connectivity index (χ2n) is 4.25. The number of pyridine rings is 1. The van der Waals surface area contributed by atoms with Gasteiger partial charge in [0.2, 0.25) is 0 Å². The van der Waals surface area contributed by atoms with Crippen molar-refractivity contribution in [2.75, 3.05) is 0 Å². The second-order valence-corrected chi connectivity index (χ2v) is 4.25. The molecule has 0 radical (unpaired) electrons. The lowest BCUT2D eigenvalue weighted by Gasteiger charge is -2.20. The van der Waals surface area contributed by atoms with Crippen LogP contribution in [0.15, 0.2) is 29.2 Å². The average Bonchev–Trinajstić information content (AvgIpc) is 2.26. The van der Waals surface area contributed by atoms with Gasteiger partial charge in [-0.1, -0.05) is 12.1 Å². The van der Waals surface area contributed by atoms with Gasteiger partial charge in [-0.3, -0.25) is 4.79 Å². The van der Waals surface area contributed by atoms with E-state index < -0.39 is 0 Å². The second kappa shape index (κ2) is 2.96. The van der Waals surface area contributed by atoms with Crippen LogP contribution in [0.5, 0.6) is 0 Å². The van der Waals surface area contributed by atoms with Gasteiger partial charge in [0.15, 0.2) is 5.43 Å². The van der Waals surface area contributed by atoms with E-state index in [9.17, 15) is 4.79 Å². The summed E-state index contributed by atoms with van der Waals surface area (Å²) in [6.45, 7) is 2.93. The number of para-hydroxylation sites is 1. The minimum atomic E-state index is 0.185. The summed E-state index contributed by atoms with van der Waals surface area (Å²) in [6.07, 6.45) is 4.27. The molecule has 3 rings (SSSR count). The number of rotatable bonds is 0. The van der Waals surface area contributed by atoms with Crippen LogP contribution in [0.4, 0.5) is 0 Å². The molecule has 0 amide bonds. The fourth-order valence-corrected chi connectivity index (χ4v) is 2.50. The third kappa shape index (κ3) is 1.14. The molecule has 1 aromatic heterocycles. The van der Waals surface area contributed by atoms with Crippen molar-refractivity contribution in [1.29, 1.82) is 0 Å². The van der Waals surface area contributed by atoms with E-state index in [1.54, 1.807) is 0 Å². The van der Waals surface area contributed by atoms with Gasteiger partial charge >= 0.3 is 0 Å². The Morgan fingerprint density at radius 3 is 3.07 bits per heavy atom. The summed E-state index contributed by atoms with van der Waals surface area (Å²) in [5, 5.41) is 0.882. The highest BCUT2D eigenvalue weighted by molar-refractivity contribution is 5.83. The molecule has 1 aromatic carbocycles. The zero-order valence-corrected chi connectivity index (χ0v) is 8.79. The molecule has 0 saturated heterocycles. The van der Waals surface area contributed by atoms with Gasteiger partial charge in [-0.05, 0) is 31.4 Å². The van der Waals surface area contributed by atoms with E-state index in [0.717, 1.165) is 29.4 Å². The number of hydrogen-bond donors (Lipinski definition) is 0. The molecule has 1 aliphatic heterocycles. The van der Waals surface area contributed by atoms with Crippen molar-refractivity contribution in [1.82, 2.24) is 4.57 Å². The first-order valence-corrected chi connectivity index (χ1v) is 5.39. The Bertz CT molecular complexity index is 595. The van der Waals surface area contributed by atoms with Gasteiger partial charge in [0, 0.05) is 23.7 Å². The fourth-order valence-electron chi connectivity index (χ4n) is 2.50. The zero-order valence-electron chi connectivity index (χ0n) is 8.79. The molecule has 2 heterocycles. The van der Waals surface area contributed by atoms with Crippen molar-refractivity contribution in [3.05, 3.63) is 45.7 Å². The number of aromatic nitrogens is 1. The topological polar surface area (TPSA) is 22.0 Å². The van der Waals surface area contributed by atoms with E-state index >= 15 is 0 Å². The Kier molecular flexibility index (Phi) is 1.72. The number of aryl methyl sites for hydroxylation is 3. The van der Waals surface area contributed by atoms with Crippen molar-refractivity contribution in [3.8, 4) is 0 Å². The van der Waals surface area contributed by atoms with E-state index in [4.69, 9.17) is 0 Å². The summed E-state index contributed by atoms with van der Waals surface area (Å²) in [7, 11) is 0. The minimum Gasteiger partial charge on any atom is -0.347 e. The van der Waals surface area contributed by atoms with Crippen LogP contribution < -0.4 is 5.43 Å². The summed E-state index contributed by atoms with van der Waals surface area (Å²) >= 11 is 0. The Hall–Kier alpha value is -1.57. The molecule has 0 N–H and O–H groups in total. The maximum absolute atomic E-state index is 12.0. The molecule has 76 valence electrons. The Morgan fingerprint density at radius 2 is 2.20 bits per heavy atom. The molecule has 0 atom stereocenters. The number of nitrogens with zero attached hydrogens (tertiary/aromatic N) is 1. The molecular weight excluding hydrogens is 186 g/mol. The highest BCUT2D eigenvalue weighted by atomic mass is 16.1. The SMILES string of the molecule is Cc1cn2c3c(cccc3c1=O)CCC2. The maximum Gasteiger partial charge on any atom is 0.192 e. The number of benzene rings is 1. The third-order valence-electron chi connectivity index (χ3n) is 3.20. The summed E-state index contributed by atoms with van der Waals surface area (Å²) < 4.78 is 2.23. The van der Waals surface area contributed by atoms with Crippen molar-refractivity contribution in [2.45, 2.75) is 26.3 Å². The zero-order chi connectivity index (χ0) is 10.4. The van der Waals surface area contributed by atoms with Crippen molar-refractivity contribution in [2.24, 2.45) is 0 Å². The van der Waals surface area contributed by atoms with Crippen LogP contribution in [0, 0.1) is 6.92 Å². The van der Waals surface area contributed by atoms with Gasteiger partial charge in [-0.2, -0.15) is 0 Å². The monoisotopic (exact) mass is 199 g/mol. The highest BCUT2D eigenvalue weighted by Gasteiger charge is 2.13. The van der Waals surface area contributed by atoms with Gasteiger partial charge < -0.3 is 4.57 Å². The highest BCUT2D eigenvalue weighted by Crippen LogP contribution is 2.22. The maximum atomic E-state index is 12.0. The lowest BCUT2D eigenvalue weighted by Crippen LogP contribution is -2.17. The van der Waals surface area contributed by atoms with E-state index in [-0.39, 0.29) is 5.43 Å². The predicted octanol–water partition coefficient (Wildman–Crippen LogP) is 2.26. The fraction of sp³-hybridized carbons (Fsp3) is 0.308. The largest absolute Gasteiger partial charge is 0.347 e. The quantitative estimate of drug-likeness (QED) is 0.638. The third-order valence-corrected chi connectivity index (χ3v) is 3.20. The summed E-state index contributed by atoms with van der Waals surface area (Å²) in [6, 6.07) is 6.07. The molecule has 0 saturated carbocycles. The molecule has 2 nitrogen and oxygen atoms in total. The van der Waals surface area contributed by atoms with Gasteiger partial charge in [0.1, 0.15) is 0 Å². The Labute approximate surface area is 88.2 Å². The van der Waals surface area contributed by atoms with Crippen LogP contribution in [0.2, 0.25) is 0 Å². The van der Waals surface area contributed by atoms with Crippen LogP contribution in [-0.4, -0.2) is 4.57 Å². The molecule has 0 aliphatic carbocycles. The van der Waals surface area contributed by atoms with Gasteiger partial charge in [0.25, 0.3) is 0 Å². The summed E-state index contributed by atoms with van der Waals surface area (Å²) in [5.41, 5.74) is 3.50. The van der Waals surface area contributed by atoms with Gasteiger partial charge in [-0.15, -0.1) is 0 Å². The van der Waals surface area contributed by atoms with Gasteiger partial charge in [-0.25, -0.2) is 0 Å². The molecule has 0 fully saturated rings. The smallest absolute Gasteiger partial charge is 0.192 e. The van der Waals surface area contributed by atoms with E-state index in [1.807, 2.05) is 25.3 Å². The molecular formula is C13H13NO. The Morgan fingerprint density at radius 1 is 1.33 bits per heavy atom. The van der Waals surface area contributed by atoms with Crippen molar-refractivity contribution in [3.63, 3.8) is 0 Å². The standard InChI is InChI=1S/C13H13NO/c1-9-8-14-7-3-5-10-4-2-6-11(12(10)14)13(9)15/h2,4,6,8H,3,5,7H2,1H3. The first kappa shape index (κ1) is 8.72. The first-order chi connectivity index (χ1) is 7.27. The predicted molar refractivity (Wildman–Crippen MR) is 61.3 cm³/mol. The van der Waals surface area contributed by atoms with Crippen LogP contribution in [-0.2, 0) is 13.0 Å². The molecule has 1 aliphatic rings. The van der Waals surface area contributed by atoms with E-state index in [1.165, 1.54) is 12.0 Å². The summed E-state index contributed by atoms with van der Waals surface area (Å²) in [5.74, 6) is 0. The van der Waals surface area contributed by atoms with Crippen molar-refractivity contribution >= 4 is 10.9 Å². The van der Waals surface area contributed by atoms with E-state index in [2.05, 4.69) is 10.6 Å². The number of hydrogen-bond acceptors (Lipinski definition) is 1. The molecule has 2 aromatic rings. The summed E-state index contributed by atoms with van der Waals surface area (Å²) in [4.78, 5) is 12.0.